The van der Waals surface area contributed by atoms with E-state index in [2.05, 4.69) is 20.3 Å². The summed E-state index contributed by atoms with van der Waals surface area (Å²) in [5, 5.41) is 12.5. The molecule has 6 heteroatoms. The standard InChI is InChI=1S/C14H14N4O2/c1-8-2-5-16-11(6-8)13-17-10-3-4-15-7-9(10)12(18-13)14(19)20/h2,5-6,15H,3-4,7H2,1H3,(H,19,20). The minimum atomic E-state index is -1.03. The number of aromatic carboxylic acids is 1. The molecule has 0 saturated carbocycles. The molecule has 2 aromatic rings. The number of nitrogens with zero attached hydrogens (tertiary/aromatic N) is 3. The summed E-state index contributed by atoms with van der Waals surface area (Å²) in [7, 11) is 0. The van der Waals surface area contributed by atoms with Gasteiger partial charge in [-0.2, -0.15) is 0 Å². The van der Waals surface area contributed by atoms with E-state index in [9.17, 15) is 9.90 Å². The number of fused-ring (bicyclic) bond motifs is 1. The maximum absolute atomic E-state index is 11.4. The zero-order valence-electron chi connectivity index (χ0n) is 11.1. The Morgan fingerprint density at radius 2 is 2.25 bits per heavy atom. The molecule has 2 N–H and O–H groups in total. The Bertz CT molecular complexity index is 685. The number of aryl methyl sites for hydroxylation is 1. The van der Waals surface area contributed by atoms with Gasteiger partial charge in [-0.1, -0.05) is 0 Å². The maximum Gasteiger partial charge on any atom is 0.354 e. The number of carbonyl (C=O) groups is 1. The molecule has 102 valence electrons. The highest BCUT2D eigenvalue weighted by Crippen LogP contribution is 2.21. The summed E-state index contributed by atoms with van der Waals surface area (Å²) in [6.07, 6.45) is 2.38. The molecule has 20 heavy (non-hydrogen) atoms. The minimum Gasteiger partial charge on any atom is -0.476 e. The summed E-state index contributed by atoms with van der Waals surface area (Å²) < 4.78 is 0. The minimum absolute atomic E-state index is 0.0699. The van der Waals surface area contributed by atoms with Gasteiger partial charge in [0.25, 0.3) is 0 Å². The molecule has 3 heterocycles. The van der Waals surface area contributed by atoms with Crippen molar-refractivity contribution in [2.75, 3.05) is 6.54 Å². The monoisotopic (exact) mass is 270 g/mol. The van der Waals surface area contributed by atoms with Crippen LogP contribution in [0.2, 0.25) is 0 Å². The number of hydrogen-bond donors (Lipinski definition) is 2. The van der Waals surface area contributed by atoms with Gasteiger partial charge in [0.05, 0.1) is 5.69 Å². The van der Waals surface area contributed by atoms with E-state index in [0.29, 0.717) is 30.0 Å². The molecule has 0 amide bonds. The molecule has 0 radical (unpaired) electrons. The lowest BCUT2D eigenvalue weighted by atomic mass is 10.0. The molecule has 6 nitrogen and oxygen atoms in total. The van der Waals surface area contributed by atoms with Gasteiger partial charge in [0.2, 0.25) is 0 Å². The first-order valence-corrected chi connectivity index (χ1v) is 6.42. The quantitative estimate of drug-likeness (QED) is 0.852. The lowest BCUT2D eigenvalue weighted by molar-refractivity contribution is 0.0688. The van der Waals surface area contributed by atoms with Crippen molar-refractivity contribution < 1.29 is 9.90 Å². The third-order valence-electron chi connectivity index (χ3n) is 3.28. The maximum atomic E-state index is 11.4. The summed E-state index contributed by atoms with van der Waals surface area (Å²) in [4.78, 5) is 24.3. The van der Waals surface area contributed by atoms with E-state index < -0.39 is 5.97 Å². The Hall–Kier alpha value is -2.34. The van der Waals surface area contributed by atoms with Gasteiger partial charge < -0.3 is 10.4 Å². The van der Waals surface area contributed by atoms with Gasteiger partial charge in [0.15, 0.2) is 11.5 Å². The van der Waals surface area contributed by atoms with Crippen molar-refractivity contribution in [1.82, 2.24) is 20.3 Å². The molecule has 3 rings (SSSR count). The van der Waals surface area contributed by atoms with Crippen LogP contribution in [-0.4, -0.2) is 32.6 Å². The third-order valence-corrected chi connectivity index (χ3v) is 3.28. The topological polar surface area (TPSA) is 88.0 Å². The number of carboxylic acids is 1. The van der Waals surface area contributed by atoms with E-state index in [-0.39, 0.29) is 5.69 Å². The van der Waals surface area contributed by atoms with E-state index in [0.717, 1.165) is 17.8 Å². The average Bonchev–Trinajstić information content (AvgIpc) is 2.46. The summed E-state index contributed by atoms with van der Waals surface area (Å²) in [5.74, 6) is -0.645. The molecule has 1 aliphatic rings. The van der Waals surface area contributed by atoms with Crippen LogP contribution < -0.4 is 5.32 Å². The van der Waals surface area contributed by atoms with Crippen LogP contribution in [0.1, 0.15) is 27.3 Å². The first-order chi connectivity index (χ1) is 9.65. The van der Waals surface area contributed by atoms with E-state index in [1.807, 2.05) is 19.1 Å². The highest BCUT2D eigenvalue weighted by molar-refractivity contribution is 5.88. The highest BCUT2D eigenvalue weighted by Gasteiger charge is 2.22. The van der Waals surface area contributed by atoms with Gasteiger partial charge in [-0.3, -0.25) is 4.98 Å². The fourth-order valence-electron chi connectivity index (χ4n) is 2.29. The lowest BCUT2D eigenvalue weighted by Crippen LogP contribution is -2.28. The molecule has 0 saturated heterocycles. The van der Waals surface area contributed by atoms with E-state index in [1.165, 1.54) is 0 Å². The average molecular weight is 270 g/mol. The second-order valence-corrected chi connectivity index (χ2v) is 4.77. The number of hydrogen-bond acceptors (Lipinski definition) is 5. The van der Waals surface area contributed by atoms with Crippen molar-refractivity contribution in [3.05, 3.63) is 40.8 Å². The molecular weight excluding hydrogens is 256 g/mol. The molecule has 0 fully saturated rings. The van der Waals surface area contributed by atoms with Gasteiger partial charge in [-0.15, -0.1) is 0 Å². The van der Waals surface area contributed by atoms with Crippen molar-refractivity contribution in [2.24, 2.45) is 0 Å². The second kappa shape index (κ2) is 4.97. The molecule has 0 bridgehead atoms. The van der Waals surface area contributed by atoms with Gasteiger partial charge in [-0.25, -0.2) is 14.8 Å². The van der Waals surface area contributed by atoms with Gasteiger partial charge >= 0.3 is 5.97 Å². The molecule has 0 aliphatic carbocycles. The fourth-order valence-corrected chi connectivity index (χ4v) is 2.29. The summed E-state index contributed by atoms with van der Waals surface area (Å²) in [5.41, 5.74) is 3.19. The van der Waals surface area contributed by atoms with Crippen LogP contribution in [0.5, 0.6) is 0 Å². The van der Waals surface area contributed by atoms with Crippen molar-refractivity contribution in [1.29, 1.82) is 0 Å². The van der Waals surface area contributed by atoms with Gasteiger partial charge in [0, 0.05) is 31.3 Å². The highest BCUT2D eigenvalue weighted by atomic mass is 16.4. The van der Waals surface area contributed by atoms with Crippen molar-refractivity contribution >= 4 is 5.97 Å². The smallest absolute Gasteiger partial charge is 0.354 e. The second-order valence-electron chi connectivity index (χ2n) is 4.77. The Morgan fingerprint density at radius 1 is 1.40 bits per heavy atom. The molecule has 2 aromatic heterocycles. The largest absolute Gasteiger partial charge is 0.476 e. The van der Waals surface area contributed by atoms with Crippen molar-refractivity contribution in [3.8, 4) is 11.5 Å². The Kier molecular flexibility index (Phi) is 3.15. The summed E-state index contributed by atoms with van der Waals surface area (Å²) >= 11 is 0. The van der Waals surface area contributed by atoms with Crippen LogP contribution in [0.3, 0.4) is 0 Å². The predicted molar refractivity (Wildman–Crippen MR) is 72.4 cm³/mol. The van der Waals surface area contributed by atoms with Crippen LogP contribution in [-0.2, 0) is 13.0 Å². The van der Waals surface area contributed by atoms with Crippen LogP contribution in [0.15, 0.2) is 18.3 Å². The zero-order chi connectivity index (χ0) is 14.1. The molecule has 1 aliphatic heterocycles. The zero-order valence-corrected chi connectivity index (χ0v) is 11.1. The van der Waals surface area contributed by atoms with E-state index in [4.69, 9.17) is 0 Å². The lowest BCUT2D eigenvalue weighted by Gasteiger charge is -2.18. The van der Waals surface area contributed by atoms with Gasteiger partial charge in [0.1, 0.15) is 5.69 Å². The van der Waals surface area contributed by atoms with Crippen molar-refractivity contribution in [3.63, 3.8) is 0 Å². The third kappa shape index (κ3) is 2.25. The van der Waals surface area contributed by atoms with Crippen LogP contribution in [0.4, 0.5) is 0 Å². The molecule has 0 aromatic carbocycles. The molecule has 0 atom stereocenters. The fraction of sp³-hybridized carbons (Fsp3) is 0.286. The van der Waals surface area contributed by atoms with Crippen molar-refractivity contribution in [2.45, 2.75) is 19.9 Å². The first kappa shape index (κ1) is 12.7. The molecule has 0 unspecified atom stereocenters. The van der Waals surface area contributed by atoms with E-state index >= 15 is 0 Å². The predicted octanol–water partition coefficient (Wildman–Crippen LogP) is 1.19. The SMILES string of the molecule is Cc1ccnc(-c2nc3c(c(C(=O)O)n2)CNCC3)c1. The number of pyridine rings is 1. The van der Waals surface area contributed by atoms with Gasteiger partial charge in [-0.05, 0) is 24.6 Å². The Balaban J connectivity index is 2.17. The molecule has 0 spiro atoms. The molecular formula is C14H14N4O2. The number of nitrogens with one attached hydrogen (secondary N) is 1. The van der Waals surface area contributed by atoms with Crippen LogP contribution in [0.25, 0.3) is 11.5 Å². The van der Waals surface area contributed by atoms with Crippen LogP contribution in [0, 0.1) is 6.92 Å². The van der Waals surface area contributed by atoms with Crippen LogP contribution >= 0.6 is 0 Å². The number of rotatable bonds is 2. The first-order valence-electron chi connectivity index (χ1n) is 6.42. The summed E-state index contributed by atoms with van der Waals surface area (Å²) in [6, 6.07) is 3.73. The number of aromatic nitrogens is 3. The Labute approximate surface area is 115 Å². The summed E-state index contributed by atoms with van der Waals surface area (Å²) in [6.45, 7) is 3.24. The normalized spacial score (nSPS) is 13.8. The van der Waals surface area contributed by atoms with E-state index in [1.54, 1.807) is 6.20 Å². The number of carboxylic acid groups (broad SMARTS) is 1. The Morgan fingerprint density at radius 3 is 3.00 bits per heavy atom.